The van der Waals surface area contributed by atoms with Crippen molar-refractivity contribution in [1.82, 2.24) is 10.2 Å². The number of aliphatic hydroxyl groups is 1. The van der Waals surface area contributed by atoms with E-state index in [0.717, 1.165) is 37.9 Å². The molecule has 0 bridgehead atoms. The van der Waals surface area contributed by atoms with Crippen molar-refractivity contribution in [3.8, 4) is 0 Å². The van der Waals surface area contributed by atoms with Crippen molar-refractivity contribution in [2.24, 2.45) is 0 Å². The molecule has 2 rings (SSSR count). The predicted octanol–water partition coefficient (Wildman–Crippen LogP) is 2.34. The maximum Gasteiger partial charge on any atom is 0.237 e. The highest BCUT2D eigenvalue weighted by Crippen LogP contribution is 2.23. The Kier molecular flexibility index (Phi) is 5.79. The van der Waals surface area contributed by atoms with E-state index in [0.29, 0.717) is 0 Å². The molecule has 1 amide bonds. The number of nitrogens with one attached hydrogen (secondary N) is 1. The van der Waals surface area contributed by atoms with Crippen molar-refractivity contribution < 1.29 is 9.90 Å². The van der Waals surface area contributed by atoms with Crippen LogP contribution < -0.4 is 5.32 Å². The number of thiophene rings is 1. The van der Waals surface area contributed by atoms with Crippen LogP contribution in [0.2, 0.25) is 0 Å². The van der Waals surface area contributed by atoms with Crippen LogP contribution in [0, 0.1) is 0 Å². The Balaban J connectivity index is 1.91. The zero-order valence-corrected chi connectivity index (χ0v) is 13.8. The normalized spacial score (nSPS) is 22.7. The van der Waals surface area contributed by atoms with Gasteiger partial charge in [-0.1, -0.05) is 13.3 Å². The van der Waals surface area contributed by atoms with E-state index in [1.54, 1.807) is 18.3 Å². The summed E-state index contributed by atoms with van der Waals surface area (Å²) in [7, 11) is 0. The summed E-state index contributed by atoms with van der Waals surface area (Å²) >= 11 is 1.55. The summed E-state index contributed by atoms with van der Waals surface area (Å²) in [6.45, 7) is 6.13. The number of nitrogens with zero attached hydrogens (tertiary/aromatic N) is 1. The van der Waals surface area contributed by atoms with Gasteiger partial charge >= 0.3 is 0 Å². The Morgan fingerprint density at radius 3 is 3.05 bits per heavy atom. The van der Waals surface area contributed by atoms with Crippen LogP contribution in [0.4, 0.5) is 0 Å². The molecule has 21 heavy (non-hydrogen) atoms. The lowest BCUT2D eigenvalue weighted by Crippen LogP contribution is -2.51. The number of hydrogen-bond acceptors (Lipinski definition) is 4. The van der Waals surface area contributed by atoms with Gasteiger partial charge in [0.05, 0.1) is 12.6 Å². The summed E-state index contributed by atoms with van der Waals surface area (Å²) in [5, 5.41) is 17.3. The molecule has 4 nitrogen and oxygen atoms in total. The Morgan fingerprint density at radius 1 is 1.57 bits per heavy atom. The first-order chi connectivity index (χ1) is 10.0. The minimum Gasteiger partial charge on any atom is -0.384 e. The molecule has 0 aliphatic carbocycles. The number of hydrogen-bond donors (Lipinski definition) is 2. The van der Waals surface area contributed by atoms with E-state index >= 15 is 0 Å². The molecule has 1 aromatic heterocycles. The monoisotopic (exact) mass is 310 g/mol. The van der Waals surface area contributed by atoms with Crippen LogP contribution in [-0.4, -0.2) is 41.6 Å². The van der Waals surface area contributed by atoms with Gasteiger partial charge in [-0.15, -0.1) is 0 Å². The van der Waals surface area contributed by atoms with Crippen LogP contribution in [0.25, 0.3) is 0 Å². The molecule has 2 heterocycles. The SMILES string of the molecule is CCCN1CCCC[C@H]1C(=O)NC[C@](C)(O)c1ccsc1. The molecule has 0 aromatic carbocycles. The van der Waals surface area contributed by atoms with Crippen LogP contribution >= 0.6 is 11.3 Å². The van der Waals surface area contributed by atoms with Crippen LogP contribution in [0.1, 0.15) is 45.1 Å². The second-order valence-electron chi connectivity index (χ2n) is 6.05. The van der Waals surface area contributed by atoms with Gasteiger partial charge in [-0.05, 0) is 61.7 Å². The molecule has 5 heteroatoms. The van der Waals surface area contributed by atoms with E-state index in [9.17, 15) is 9.90 Å². The van der Waals surface area contributed by atoms with Gasteiger partial charge in [0.25, 0.3) is 0 Å². The average molecular weight is 310 g/mol. The molecule has 2 atom stereocenters. The highest BCUT2D eigenvalue weighted by atomic mass is 32.1. The summed E-state index contributed by atoms with van der Waals surface area (Å²) in [6.07, 6.45) is 4.28. The molecule has 1 fully saturated rings. The maximum absolute atomic E-state index is 12.4. The number of carbonyl (C=O) groups excluding carboxylic acids is 1. The molecule has 1 saturated heterocycles. The summed E-state index contributed by atoms with van der Waals surface area (Å²) < 4.78 is 0. The van der Waals surface area contributed by atoms with Gasteiger partial charge < -0.3 is 10.4 Å². The Labute approximate surface area is 131 Å². The highest BCUT2D eigenvalue weighted by molar-refractivity contribution is 7.08. The minimum atomic E-state index is -1.00. The highest BCUT2D eigenvalue weighted by Gasteiger charge is 2.30. The molecule has 2 N–H and O–H groups in total. The number of likely N-dealkylation sites (tertiary alicyclic amines) is 1. The predicted molar refractivity (Wildman–Crippen MR) is 86.4 cm³/mol. The van der Waals surface area contributed by atoms with Gasteiger partial charge in [-0.2, -0.15) is 11.3 Å². The number of piperidine rings is 1. The second kappa shape index (κ2) is 7.38. The van der Waals surface area contributed by atoms with Crippen molar-refractivity contribution in [3.63, 3.8) is 0 Å². The molecule has 1 aromatic rings. The third kappa shape index (κ3) is 4.28. The van der Waals surface area contributed by atoms with E-state index in [4.69, 9.17) is 0 Å². The van der Waals surface area contributed by atoms with E-state index < -0.39 is 5.60 Å². The third-order valence-corrected chi connectivity index (χ3v) is 4.86. The van der Waals surface area contributed by atoms with Gasteiger partial charge in [0.1, 0.15) is 5.60 Å². The summed E-state index contributed by atoms with van der Waals surface area (Å²) in [6, 6.07) is 1.87. The van der Waals surface area contributed by atoms with E-state index in [-0.39, 0.29) is 18.5 Å². The van der Waals surface area contributed by atoms with Crippen molar-refractivity contribution in [2.75, 3.05) is 19.6 Å². The first-order valence-corrected chi connectivity index (χ1v) is 8.75. The Bertz CT molecular complexity index is 443. The number of rotatable bonds is 6. The first-order valence-electron chi connectivity index (χ1n) is 7.81. The number of carbonyl (C=O) groups is 1. The zero-order chi connectivity index (χ0) is 15.3. The van der Waals surface area contributed by atoms with Crippen LogP contribution in [0.15, 0.2) is 16.8 Å². The lowest BCUT2D eigenvalue weighted by atomic mass is 9.98. The zero-order valence-electron chi connectivity index (χ0n) is 13.0. The fraction of sp³-hybridized carbons (Fsp3) is 0.688. The molecule has 1 aliphatic rings. The molecule has 1 aliphatic heterocycles. The minimum absolute atomic E-state index is 0.0306. The smallest absolute Gasteiger partial charge is 0.237 e. The fourth-order valence-electron chi connectivity index (χ4n) is 2.89. The third-order valence-electron chi connectivity index (χ3n) is 4.18. The molecular formula is C16H26N2O2S. The molecule has 0 saturated carbocycles. The molecular weight excluding hydrogens is 284 g/mol. The lowest BCUT2D eigenvalue weighted by Gasteiger charge is -2.35. The topological polar surface area (TPSA) is 52.6 Å². The molecule has 0 spiro atoms. The van der Waals surface area contributed by atoms with Gasteiger partial charge in [-0.25, -0.2) is 0 Å². The standard InChI is InChI=1S/C16H26N2O2S/c1-3-8-18-9-5-4-6-14(18)15(19)17-12-16(2,20)13-7-10-21-11-13/h7,10-11,14,20H,3-6,8-9,12H2,1-2H3,(H,17,19)/t14-,16-/m0/s1. The van der Waals surface area contributed by atoms with Gasteiger partial charge in [0.2, 0.25) is 5.91 Å². The number of amides is 1. The van der Waals surface area contributed by atoms with Crippen molar-refractivity contribution >= 4 is 17.2 Å². The summed E-state index contributed by atoms with van der Waals surface area (Å²) in [5.74, 6) is 0.0543. The second-order valence-corrected chi connectivity index (χ2v) is 6.83. The summed E-state index contributed by atoms with van der Waals surface area (Å²) in [5.41, 5.74) is -0.137. The summed E-state index contributed by atoms with van der Waals surface area (Å²) in [4.78, 5) is 14.7. The Hall–Kier alpha value is -0.910. The Morgan fingerprint density at radius 2 is 2.38 bits per heavy atom. The van der Waals surface area contributed by atoms with E-state index in [1.165, 1.54) is 6.42 Å². The fourth-order valence-corrected chi connectivity index (χ4v) is 3.68. The average Bonchev–Trinajstić information content (AvgIpc) is 3.01. The van der Waals surface area contributed by atoms with E-state index in [1.807, 2.05) is 16.8 Å². The van der Waals surface area contributed by atoms with Crippen LogP contribution in [0.3, 0.4) is 0 Å². The van der Waals surface area contributed by atoms with Crippen molar-refractivity contribution in [2.45, 2.75) is 51.2 Å². The van der Waals surface area contributed by atoms with Crippen molar-refractivity contribution in [1.29, 1.82) is 0 Å². The van der Waals surface area contributed by atoms with Crippen molar-refractivity contribution in [3.05, 3.63) is 22.4 Å². The van der Waals surface area contributed by atoms with Gasteiger partial charge in [-0.3, -0.25) is 9.69 Å². The molecule has 0 radical (unpaired) electrons. The van der Waals surface area contributed by atoms with E-state index in [2.05, 4.69) is 17.1 Å². The van der Waals surface area contributed by atoms with Crippen LogP contribution in [-0.2, 0) is 10.4 Å². The largest absolute Gasteiger partial charge is 0.384 e. The van der Waals surface area contributed by atoms with Crippen LogP contribution in [0.5, 0.6) is 0 Å². The quantitative estimate of drug-likeness (QED) is 0.848. The van der Waals surface area contributed by atoms with Gasteiger partial charge in [0.15, 0.2) is 0 Å². The molecule has 0 unspecified atom stereocenters. The first kappa shape index (κ1) is 16.5. The lowest BCUT2D eigenvalue weighted by molar-refractivity contribution is -0.128. The molecule has 118 valence electrons. The maximum atomic E-state index is 12.4. The van der Waals surface area contributed by atoms with Gasteiger partial charge in [0, 0.05) is 0 Å².